The van der Waals surface area contributed by atoms with Crippen LogP contribution in [0.2, 0.25) is 0 Å². The van der Waals surface area contributed by atoms with E-state index in [1.165, 1.54) is 0 Å². The number of aliphatic imine (C=N–C) groups is 1. The Bertz CT molecular complexity index is 969. The molecular weight excluding hydrogens is 395 g/mol. The second kappa shape index (κ2) is 9.28. The molecule has 1 aromatic heterocycles. The van der Waals surface area contributed by atoms with E-state index in [4.69, 9.17) is 0 Å². The van der Waals surface area contributed by atoms with Crippen molar-refractivity contribution in [1.29, 1.82) is 0 Å². The molecule has 0 bridgehead atoms. The Morgan fingerprint density at radius 2 is 2.19 bits per heavy atom. The molecule has 3 heterocycles. The van der Waals surface area contributed by atoms with E-state index in [2.05, 4.69) is 39.5 Å². The molecule has 8 heteroatoms. The molecule has 166 valence electrons. The minimum atomic E-state index is -1.08. The van der Waals surface area contributed by atoms with Crippen molar-refractivity contribution in [3.8, 4) is 11.1 Å². The fourth-order valence-corrected chi connectivity index (χ4v) is 4.35. The van der Waals surface area contributed by atoms with Gasteiger partial charge < -0.3 is 10.2 Å². The molecule has 1 fully saturated rings. The summed E-state index contributed by atoms with van der Waals surface area (Å²) in [6, 6.07) is 5.54. The van der Waals surface area contributed by atoms with Crippen molar-refractivity contribution < 1.29 is 9.18 Å². The fraction of sp³-hybridized carbons (Fsp3) is 0.522. The van der Waals surface area contributed by atoms with E-state index in [1.807, 2.05) is 31.4 Å². The van der Waals surface area contributed by atoms with Crippen molar-refractivity contribution in [3.05, 3.63) is 41.7 Å². The highest BCUT2D eigenvalue weighted by atomic mass is 19.1. The minimum Gasteiger partial charge on any atom is -0.345 e. The number of carbonyl (C=O) groups is 1. The Labute approximate surface area is 182 Å². The van der Waals surface area contributed by atoms with Crippen LogP contribution in [0.5, 0.6) is 0 Å². The molecule has 0 saturated carbocycles. The molecule has 0 aliphatic carbocycles. The van der Waals surface area contributed by atoms with Crippen molar-refractivity contribution >= 4 is 11.6 Å². The Morgan fingerprint density at radius 3 is 2.90 bits per heavy atom. The van der Waals surface area contributed by atoms with E-state index in [-0.39, 0.29) is 5.91 Å². The number of rotatable bonds is 5. The summed E-state index contributed by atoms with van der Waals surface area (Å²) >= 11 is 0. The first-order chi connectivity index (χ1) is 14.9. The summed E-state index contributed by atoms with van der Waals surface area (Å²) in [7, 11) is 1.87. The molecule has 31 heavy (non-hydrogen) atoms. The van der Waals surface area contributed by atoms with Gasteiger partial charge in [0.2, 0.25) is 0 Å². The zero-order valence-electron chi connectivity index (χ0n) is 18.4. The number of aryl methyl sites for hydroxylation is 1. The monoisotopic (exact) mass is 426 g/mol. The molecule has 0 radical (unpaired) electrons. The summed E-state index contributed by atoms with van der Waals surface area (Å²) in [5.41, 5.74) is 4.10. The van der Waals surface area contributed by atoms with Crippen LogP contribution in [0.4, 0.5) is 4.39 Å². The first-order valence-corrected chi connectivity index (χ1v) is 11.0. The van der Waals surface area contributed by atoms with Gasteiger partial charge in [0.25, 0.3) is 5.91 Å². The van der Waals surface area contributed by atoms with E-state index in [1.54, 1.807) is 10.9 Å². The number of hydrogen-bond acceptors (Lipinski definition) is 5. The van der Waals surface area contributed by atoms with Gasteiger partial charge in [-0.25, -0.2) is 4.39 Å². The number of nitrogens with one attached hydrogen (secondary N) is 2. The number of fused-ring (bicyclic) bond motifs is 1. The summed E-state index contributed by atoms with van der Waals surface area (Å²) in [6.07, 6.45) is 3.26. The van der Waals surface area contributed by atoms with Gasteiger partial charge in [-0.2, -0.15) is 5.10 Å². The number of likely N-dealkylation sites (tertiary alicyclic amines) is 1. The van der Waals surface area contributed by atoms with Gasteiger partial charge in [-0.1, -0.05) is 26.0 Å². The highest BCUT2D eigenvalue weighted by molar-refractivity contribution is 6.46. The number of amides is 1. The lowest BCUT2D eigenvalue weighted by Gasteiger charge is -2.35. The molecule has 0 spiro atoms. The largest absolute Gasteiger partial charge is 0.345 e. The van der Waals surface area contributed by atoms with E-state index < -0.39 is 12.2 Å². The van der Waals surface area contributed by atoms with Gasteiger partial charge in [-0.15, -0.1) is 0 Å². The van der Waals surface area contributed by atoms with Crippen molar-refractivity contribution in [1.82, 2.24) is 25.3 Å². The SMILES string of the molecule is CC(C)CN1CC[C@H](NC(=O)C2=NCNCc3ccc(-c4cnn(C)c4)cc32)[C@H](F)C1. The van der Waals surface area contributed by atoms with Gasteiger partial charge in [0.1, 0.15) is 11.9 Å². The summed E-state index contributed by atoms with van der Waals surface area (Å²) in [6.45, 7) is 7.28. The fourth-order valence-electron chi connectivity index (χ4n) is 4.35. The summed E-state index contributed by atoms with van der Waals surface area (Å²) in [5.74, 6) is 0.190. The molecule has 2 aliphatic rings. The quantitative estimate of drug-likeness (QED) is 0.768. The maximum Gasteiger partial charge on any atom is 0.270 e. The lowest BCUT2D eigenvalue weighted by molar-refractivity contribution is -0.116. The molecule has 2 atom stereocenters. The number of benzene rings is 1. The summed E-state index contributed by atoms with van der Waals surface area (Å²) < 4.78 is 16.6. The van der Waals surface area contributed by atoms with E-state index in [0.717, 1.165) is 35.3 Å². The zero-order valence-corrected chi connectivity index (χ0v) is 18.4. The zero-order chi connectivity index (χ0) is 22.0. The number of halogens is 1. The third-order valence-electron chi connectivity index (χ3n) is 5.85. The molecular formula is C23H31FN6O. The average molecular weight is 427 g/mol. The molecule has 1 aromatic carbocycles. The van der Waals surface area contributed by atoms with Gasteiger partial charge >= 0.3 is 0 Å². The maximum absolute atomic E-state index is 14.8. The Hall–Kier alpha value is -2.58. The standard InChI is InChI=1S/C23H31FN6O/c1-15(2)11-30-7-6-21(20(24)13-30)28-23(31)22-19-8-16(18-10-27-29(3)12-18)4-5-17(19)9-25-14-26-22/h4-5,8,10,12,15,20-21,25H,6-7,9,11,13-14H2,1-3H3,(H,28,31)/t20-,21+/m1/s1. The molecule has 2 aliphatic heterocycles. The third kappa shape index (κ3) is 5.02. The van der Waals surface area contributed by atoms with Crippen LogP contribution < -0.4 is 10.6 Å². The first kappa shape index (κ1) is 21.6. The highest BCUT2D eigenvalue weighted by Gasteiger charge is 2.32. The van der Waals surface area contributed by atoms with Crippen LogP contribution >= 0.6 is 0 Å². The van der Waals surface area contributed by atoms with Gasteiger partial charge in [-0.05, 0) is 29.5 Å². The smallest absolute Gasteiger partial charge is 0.270 e. The second-order valence-corrected chi connectivity index (χ2v) is 8.90. The van der Waals surface area contributed by atoms with E-state index >= 15 is 0 Å². The van der Waals surface area contributed by atoms with Crippen LogP contribution in [0.1, 0.15) is 31.4 Å². The summed E-state index contributed by atoms with van der Waals surface area (Å²) in [5, 5.41) is 10.4. The molecule has 0 unspecified atom stereocenters. The molecule has 1 saturated heterocycles. The minimum absolute atomic E-state index is 0.307. The van der Waals surface area contributed by atoms with Crippen LogP contribution in [0.15, 0.2) is 35.6 Å². The highest BCUT2D eigenvalue weighted by Crippen LogP contribution is 2.24. The van der Waals surface area contributed by atoms with E-state index in [9.17, 15) is 9.18 Å². The van der Waals surface area contributed by atoms with Crippen LogP contribution in [-0.4, -0.2) is 64.8 Å². The van der Waals surface area contributed by atoms with Crippen LogP contribution in [0, 0.1) is 5.92 Å². The molecule has 2 aromatic rings. The topological polar surface area (TPSA) is 74.6 Å². The third-order valence-corrected chi connectivity index (χ3v) is 5.85. The predicted octanol–water partition coefficient (Wildman–Crippen LogP) is 2.12. The first-order valence-electron chi connectivity index (χ1n) is 11.0. The van der Waals surface area contributed by atoms with Gasteiger partial charge in [0, 0.05) is 50.6 Å². The van der Waals surface area contributed by atoms with Gasteiger partial charge in [-0.3, -0.25) is 19.8 Å². The normalized spacial score (nSPS) is 22.0. The van der Waals surface area contributed by atoms with Crippen molar-refractivity contribution in [2.45, 2.75) is 39.0 Å². The Balaban J connectivity index is 1.52. The van der Waals surface area contributed by atoms with Crippen LogP contribution in [0.3, 0.4) is 0 Å². The number of nitrogens with zero attached hydrogens (tertiary/aromatic N) is 4. The molecule has 4 rings (SSSR count). The number of aromatic nitrogens is 2. The molecule has 2 N–H and O–H groups in total. The van der Waals surface area contributed by atoms with Gasteiger partial charge in [0.15, 0.2) is 0 Å². The predicted molar refractivity (Wildman–Crippen MR) is 120 cm³/mol. The van der Waals surface area contributed by atoms with Crippen molar-refractivity contribution in [3.63, 3.8) is 0 Å². The number of hydrogen-bond donors (Lipinski definition) is 2. The van der Waals surface area contributed by atoms with Crippen molar-refractivity contribution in [2.24, 2.45) is 18.0 Å². The second-order valence-electron chi connectivity index (χ2n) is 8.90. The summed E-state index contributed by atoms with van der Waals surface area (Å²) in [4.78, 5) is 19.8. The van der Waals surface area contributed by atoms with Gasteiger partial charge in [0.05, 0.1) is 18.9 Å². The number of carbonyl (C=O) groups excluding carboxylic acids is 1. The van der Waals surface area contributed by atoms with Crippen LogP contribution in [0.25, 0.3) is 11.1 Å². The molecule has 1 amide bonds. The Kier molecular flexibility index (Phi) is 6.48. The van der Waals surface area contributed by atoms with Crippen LogP contribution in [-0.2, 0) is 18.4 Å². The van der Waals surface area contributed by atoms with Crippen molar-refractivity contribution in [2.75, 3.05) is 26.3 Å². The number of alkyl halides is 1. The lowest BCUT2D eigenvalue weighted by Crippen LogP contribution is -2.54. The lowest BCUT2D eigenvalue weighted by atomic mass is 9.96. The van der Waals surface area contributed by atoms with E-state index in [0.29, 0.717) is 37.8 Å². The molecule has 7 nitrogen and oxygen atoms in total. The average Bonchev–Trinajstić information content (AvgIpc) is 3.04. The number of piperidine rings is 1. The Morgan fingerprint density at radius 1 is 1.35 bits per heavy atom. The maximum atomic E-state index is 14.8.